The third kappa shape index (κ3) is 2.93. The lowest BCUT2D eigenvalue weighted by Gasteiger charge is -2.08. The number of hydrogen-bond acceptors (Lipinski definition) is 2. The first-order valence-electron chi connectivity index (χ1n) is 6.60. The van der Waals surface area contributed by atoms with E-state index in [9.17, 15) is 9.60 Å². The van der Waals surface area contributed by atoms with Crippen molar-refractivity contribution in [2.24, 2.45) is 4.99 Å². The highest BCUT2D eigenvalue weighted by Gasteiger charge is 2.11. The normalized spacial score (nSPS) is 11.7. The van der Waals surface area contributed by atoms with E-state index in [4.69, 9.17) is 11.6 Å². The van der Waals surface area contributed by atoms with E-state index in [2.05, 4.69) is 4.99 Å². The van der Waals surface area contributed by atoms with Crippen molar-refractivity contribution in [2.45, 2.75) is 0 Å². The van der Waals surface area contributed by atoms with Gasteiger partial charge >= 0.3 is 0 Å². The molecular formula is C17H12ClFN2O. The summed E-state index contributed by atoms with van der Waals surface area (Å²) in [6, 6.07) is 17.2. The van der Waals surface area contributed by atoms with Crippen molar-refractivity contribution in [1.82, 2.24) is 5.48 Å². The van der Waals surface area contributed by atoms with Gasteiger partial charge in [-0.15, -0.1) is 0 Å². The molecule has 3 aromatic rings. The molecule has 0 bridgehead atoms. The zero-order valence-corrected chi connectivity index (χ0v) is 12.2. The van der Waals surface area contributed by atoms with Crippen molar-refractivity contribution >= 4 is 33.9 Å². The molecule has 22 heavy (non-hydrogen) atoms. The minimum Gasteiger partial charge on any atom is -0.290 e. The van der Waals surface area contributed by atoms with Crippen LogP contribution in [0, 0.1) is 5.82 Å². The molecule has 0 aliphatic heterocycles. The maximum Gasteiger partial charge on any atom is 0.160 e. The SMILES string of the molecule is ONC(=Nc1ccc(Cl)cc1)c1cc2ccccc2cc1F. The molecule has 0 unspecified atom stereocenters. The Bertz CT molecular complexity index is 847. The number of rotatable bonds is 2. The van der Waals surface area contributed by atoms with Crippen molar-refractivity contribution in [2.75, 3.05) is 0 Å². The largest absolute Gasteiger partial charge is 0.290 e. The number of nitrogens with one attached hydrogen (secondary N) is 1. The lowest BCUT2D eigenvalue weighted by Crippen LogP contribution is -2.21. The van der Waals surface area contributed by atoms with E-state index >= 15 is 0 Å². The Morgan fingerprint density at radius 3 is 2.27 bits per heavy atom. The minimum absolute atomic E-state index is 0.0329. The summed E-state index contributed by atoms with van der Waals surface area (Å²) >= 11 is 5.82. The summed E-state index contributed by atoms with van der Waals surface area (Å²) in [5, 5.41) is 11.5. The van der Waals surface area contributed by atoms with Gasteiger partial charge in [0.05, 0.1) is 11.3 Å². The monoisotopic (exact) mass is 314 g/mol. The Morgan fingerprint density at radius 1 is 1.00 bits per heavy atom. The fourth-order valence-electron chi connectivity index (χ4n) is 2.18. The summed E-state index contributed by atoms with van der Waals surface area (Å²) in [5.74, 6) is -0.432. The van der Waals surface area contributed by atoms with Gasteiger partial charge in [0, 0.05) is 5.02 Å². The van der Waals surface area contributed by atoms with Crippen LogP contribution in [-0.2, 0) is 0 Å². The van der Waals surface area contributed by atoms with Crippen LogP contribution in [0.4, 0.5) is 10.1 Å². The average Bonchev–Trinajstić information content (AvgIpc) is 2.54. The fourth-order valence-corrected chi connectivity index (χ4v) is 2.31. The molecule has 0 fully saturated rings. The molecule has 3 rings (SSSR count). The molecule has 2 N–H and O–H groups in total. The van der Waals surface area contributed by atoms with Crippen LogP contribution in [0.2, 0.25) is 5.02 Å². The van der Waals surface area contributed by atoms with Gasteiger partial charge in [0.2, 0.25) is 0 Å². The lowest BCUT2D eigenvalue weighted by atomic mass is 10.1. The number of amidine groups is 1. The molecule has 0 amide bonds. The number of benzene rings is 3. The van der Waals surface area contributed by atoms with Crippen LogP contribution in [-0.4, -0.2) is 11.0 Å². The number of aliphatic imine (C=N–C) groups is 1. The van der Waals surface area contributed by atoms with Crippen LogP contribution in [0.1, 0.15) is 5.56 Å². The van der Waals surface area contributed by atoms with E-state index in [1.165, 1.54) is 6.07 Å². The molecule has 3 aromatic carbocycles. The molecule has 5 heteroatoms. The lowest BCUT2D eigenvalue weighted by molar-refractivity contribution is 0.235. The van der Waals surface area contributed by atoms with Crippen LogP contribution < -0.4 is 5.48 Å². The van der Waals surface area contributed by atoms with Crippen LogP contribution >= 0.6 is 11.6 Å². The molecular weight excluding hydrogens is 303 g/mol. The van der Waals surface area contributed by atoms with Gasteiger partial charge in [-0.1, -0.05) is 35.9 Å². The maximum absolute atomic E-state index is 14.3. The van der Waals surface area contributed by atoms with Crippen molar-refractivity contribution in [3.05, 3.63) is 77.1 Å². The first-order valence-corrected chi connectivity index (χ1v) is 6.98. The second-order valence-corrected chi connectivity index (χ2v) is 5.16. The maximum atomic E-state index is 14.3. The van der Waals surface area contributed by atoms with Crippen molar-refractivity contribution < 1.29 is 9.60 Å². The zero-order chi connectivity index (χ0) is 15.5. The Morgan fingerprint density at radius 2 is 1.64 bits per heavy atom. The predicted octanol–water partition coefficient (Wildman–Crippen LogP) is 4.69. The molecule has 0 saturated carbocycles. The summed E-state index contributed by atoms with van der Waals surface area (Å²) < 4.78 is 14.3. The predicted molar refractivity (Wildman–Crippen MR) is 86.5 cm³/mol. The third-order valence-electron chi connectivity index (χ3n) is 3.26. The van der Waals surface area contributed by atoms with Crippen LogP contribution in [0.5, 0.6) is 0 Å². The Kier molecular flexibility index (Phi) is 4.04. The van der Waals surface area contributed by atoms with Gasteiger partial charge in [-0.3, -0.25) is 10.7 Å². The first kappa shape index (κ1) is 14.5. The smallest absolute Gasteiger partial charge is 0.160 e. The summed E-state index contributed by atoms with van der Waals surface area (Å²) in [7, 11) is 0. The highest BCUT2D eigenvalue weighted by Crippen LogP contribution is 2.22. The van der Waals surface area contributed by atoms with Gasteiger partial charge in [0.1, 0.15) is 5.82 Å². The average molecular weight is 315 g/mol. The number of hydroxylamine groups is 1. The van der Waals surface area contributed by atoms with Crippen LogP contribution in [0.25, 0.3) is 10.8 Å². The van der Waals surface area contributed by atoms with Gasteiger partial charge in [0.15, 0.2) is 5.84 Å². The minimum atomic E-state index is -0.465. The van der Waals surface area contributed by atoms with Gasteiger partial charge < -0.3 is 0 Å². The molecule has 110 valence electrons. The summed E-state index contributed by atoms with van der Waals surface area (Å²) in [5.41, 5.74) is 2.70. The molecule has 3 nitrogen and oxygen atoms in total. The zero-order valence-electron chi connectivity index (χ0n) is 11.4. The second kappa shape index (κ2) is 6.13. The standard InChI is InChI=1S/C17H12ClFN2O/c18-13-5-7-14(8-6-13)20-17(21-22)15-9-11-3-1-2-4-12(11)10-16(15)19/h1-10,22H,(H,20,21). The van der Waals surface area contributed by atoms with E-state index < -0.39 is 5.82 Å². The molecule has 0 aromatic heterocycles. The summed E-state index contributed by atoms with van der Waals surface area (Å²) in [4.78, 5) is 4.21. The summed E-state index contributed by atoms with van der Waals surface area (Å²) in [6.45, 7) is 0. The van der Waals surface area contributed by atoms with Crippen molar-refractivity contribution in [3.8, 4) is 0 Å². The quantitative estimate of drug-likeness (QED) is 0.409. The molecule has 0 aliphatic rings. The Balaban J connectivity index is 2.10. The Labute approximate surface area is 131 Å². The van der Waals surface area contributed by atoms with E-state index in [0.29, 0.717) is 10.7 Å². The molecule has 0 heterocycles. The molecule has 0 saturated heterocycles. The van der Waals surface area contributed by atoms with E-state index in [-0.39, 0.29) is 11.4 Å². The summed E-state index contributed by atoms with van der Waals surface area (Å²) in [6.07, 6.45) is 0. The topological polar surface area (TPSA) is 44.6 Å². The van der Waals surface area contributed by atoms with Crippen LogP contribution in [0.15, 0.2) is 65.7 Å². The van der Waals surface area contributed by atoms with E-state index in [1.807, 2.05) is 29.7 Å². The molecule has 0 atom stereocenters. The highest BCUT2D eigenvalue weighted by molar-refractivity contribution is 6.30. The first-order chi connectivity index (χ1) is 10.7. The van der Waals surface area contributed by atoms with Crippen molar-refractivity contribution in [1.29, 1.82) is 0 Å². The molecule has 0 aliphatic carbocycles. The number of fused-ring (bicyclic) bond motifs is 1. The van der Waals surface area contributed by atoms with E-state index in [0.717, 1.165) is 10.8 Å². The van der Waals surface area contributed by atoms with E-state index in [1.54, 1.807) is 30.3 Å². The molecule has 0 spiro atoms. The van der Waals surface area contributed by atoms with Crippen molar-refractivity contribution in [3.63, 3.8) is 0 Å². The van der Waals surface area contributed by atoms with Gasteiger partial charge in [-0.25, -0.2) is 9.38 Å². The van der Waals surface area contributed by atoms with Gasteiger partial charge in [-0.05, 0) is 47.2 Å². The molecule has 0 radical (unpaired) electrons. The number of halogens is 2. The highest BCUT2D eigenvalue weighted by atomic mass is 35.5. The van der Waals surface area contributed by atoms with Gasteiger partial charge in [0.25, 0.3) is 0 Å². The number of nitrogens with zero attached hydrogens (tertiary/aromatic N) is 1. The third-order valence-corrected chi connectivity index (χ3v) is 3.52. The van der Waals surface area contributed by atoms with Gasteiger partial charge in [-0.2, -0.15) is 0 Å². The fraction of sp³-hybridized carbons (Fsp3) is 0. The second-order valence-electron chi connectivity index (χ2n) is 4.73. The van der Waals surface area contributed by atoms with Crippen LogP contribution in [0.3, 0.4) is 0 Å². The number of hydrogen-bond donors (Lipinski definition) is 2. The Hall–Kier alpha value is -2.43.